The van der Waals surface area contributed by atoms with E-state index in [1.807, 2.05) is 6.07 Å². The van der Waals surface area contributed by atoms with E-state index in [0.29, 0.717) is 23.3 Å². The van der Waals surface area contributed by atoms with Gasteiger partial charge in [-0.1, -0.05) is 11.6 Å². The molecule has 1 heterocycles. The number of halogens is 1. The van der Waals surface area contributed by atoms with Gasteiger partial charge in [-0.05, 0) is 36.3 Å². The third-order valence-electron chi connectivity index (χ3n) is 2.95. The van der Waals surface area contributed by atoms with Gasteiger partial charge in [0.2, 0.25) is 5.56 Å². The Kier molecular flexibility index (Phi) is 2.56. The van der Waals surface area contributed by atoms with Gasteiger partial charge < -0.3 is 9.72 Å². The van der Waals surface area contributed by atoms with Crippen LogP contribution in [-0.2, 0) is 0 Å². The molecule has 1 fully saturated rings. The summed E-state index contributed by atoms with van der Waals surface area (Å²) in [5, 5.41) is 1.50. The SMILES string of the molecule is O=c1ccc2cc(Cl)c(OCC3CC3)cc2[nH]1. The van der Waals surface area contributed by atoms with Gasteiger partial charge in [0.25, 0.3) is 0 Å². The number of nitrogens with one attached hydrogen (secondary N) is 1. The highest BCUT2D eigenvalue weighted by Gasteiger charge is 2.22. The molecule has 1 aliphatic rings. The van der Waals surface area contributed by atoms with E-state index in [1.54, 1.807) is 12.1 Å². The highest BCUT2D eigenvalue weighted by Crippen LogP contribution is 2.33. The second-order valence-electron chi connectivity index (χ2n) is 4.45. The third kappa shape index (κ3) is 2.29. The molecule has 1 aromatic carbocycles. The van der Waals surface area contributed by atoms with Crippen LogP contribution in [0.5, 0.6) is 5.75 Å². The molecule has 1 saturated carbocycles. The molecule has 4 heteroatoms. The van der Waals surface area contributed by atoms with Gasteiger partial charge in [-0.2, -0.15) is 0 Å². The first kappa shape index (κ1) is 10.7. The largest absolute Gasteiger partial charge is 0.492 e. The van der Waals surface area contributed by atoms with Crippen molar-refractivity contribution in [2.45, 2.75) is 12.8 Å². The zero-order chi connectivity index (χ0) is 11.8. The zero-order valence-electron chi connectivity index (χ0n) is 9.20. The van der Waals surface area contributed by atoms with Crippen LogP contribution in [0.3, 0.4) is 0 Å². The molecule has 2 aromatic rings. The van der Waals surface area contributed by atoms with Gasteiger partial charge in [0, 0.05) is 12.1 Å². The Balaban J connectivity index is 1.98. The van der Waals surface area contributed by atoms with Crippen LogP contribution in [0.25, 0.3) is 10.9 Å². The summed E-state index contributed by atoms with van der Waals surface area (Å²) >= 11 is 6.13. The molecule has 0 unspecified atom stereocenters. The Morgan fingerprint density at radius 1 is 1.35 bits per heavy atom. The molecule has 17 heavy (non-hydrogen) atoms. The average Bonchev–Trinajstić information content (AvgIpc) is 3.11. The fraction of sp³-hybridized carbons (Fsp3) is 0.308. The minimum atomic E-state index is -0.118. The minimum Gasteiger partial charge on any atom is -0.492 e. The number of benzene rings is 1. The second kappa shape index (κ2) is 4.08. The Labute approximate surface area is 103 Å². The van der Waals surface area contributed by atoms with E-state index in [-0.39, 0.29) is 5.56 Å². The lowest BCUT2D eigenvalue weighted by molar-refractivity contribution is 0.300. The third-order valence-corrected chi connectivity index (χ3v) is 3.24. The fourth-order valence-corrected chi connectivity index (χ4v) is 1.98. The molecular formula is C13H12ClNO2. The topological polar surface area (TPSA) is 42.1 Å². The molecule has 0 atom stereocenters. The number of aromatic nitrogens is 1. The van der Waals surface area contributed by atoms with Crippen LogP contribution in [0.2, 0.25) is 5.02 Å². The number of H-pyrrole nitrogens is 1. The smallest absolute Gasteiger partial charge is 0.248 e. The van der Waals surface area contributed by atoms with Gasteiger partial charge in [0.15, 0.2) is 0 Å². The van der Waals surface area contributed by atoms with Crippen LogP contribution in [-0.4, -0.2) is 11.6 Å². The molecule has 0 saturated heterocycles. The zero-order valence-corrected chi connectivity index (χ0v) is 9.96. The lowest BCUT2D eigenvalue weighted by atomic mass is 10.2. The van der Waals surface area contributed by atoms with Crippen molar-refractivity contribution in [1.29, 1.82) is 0 Å². The molecule has 0 radical (unpaired) electrons. The van der Waals surface area contributed by atoms with Gasteiger partial charge in [0.1, 0.15) is 5.75 Å². The monoisotopic (exact) mass is 249 g/mol. The molecule has 1 aliphatic carbocycles. The van der Waals surface area contributed by atoms with E-state index in [1.165, 1.54) is 18.9 Å². The first-order chi connectivity index (χ1) is 8.22. The lowest BCUT2D eigenvalue weighted by Crippen LogP contribution is -2.03. The highest BCUT2D eigenvalue weighted by atomic mass is 35.5. The van der Waals surface area contributed by atoms with Gasteiger partial charge >= 0.3 is 0 Å². The first-order valence-corrected chi connectivity index (χ1v) is 6.05. The summed E-state index contributed by atoms with van der Waals surface area (Å²) in [4.78, 5) is 14.0. The predicted molar refractivity (Wildman–Crippen MR) is 67.8 cm³/mol. The summed E-state index contributed by atoms with van der Waals surface area (Å²) in [6.07, 6.45) is 2.48. The quantitative estimate of drug-likeness (QED) is 0.909. The molecule has 0 amide bonds. The summed E-state index contributed by atoms with van der Waals surface area (Å²) in [5.74, 6) is 1.32. The van der Waals surface area contributed by atoms with Gasteiger partial charge in [-0.25, -0.2) is 0 Å². The minimum absolute atomic E-state index is 0.118. The molecule has 0 bridgehead atoms. The number of pyridine rings is 1. The van der Waals surface area contributed by atoms with Crippen LogP contribution in [0.4, 0.5) is 0 Å². The molecular weight excluding hydrogens is 238 g/mol. The van der Waals surface area contributed by atoms with Gasteiger partial charge in [0.05, 0.1) is 17.1 Å². The lowest BCUT2D eigenvalue weighted by Gasteiger charge is -2.08. The van der Waals surface area contributed by atoms with E-state index in [2.05, 4.69) is 4.98 Å². The standard InChI is InChI=1S/C13H12ClNO2/c14-10-5-9-3-4-13(16)15-11(9)6-12(10)17-7-8-1-2-8/h3-6,8H,1-2,7H2,(H,15,16). The number of ether oxygens (including phenoxy) is 1. The second-order valence-corrected chi connectivity index (χ2v) is 4.85. The van der Waals surface area contributed by atoms with Crippen molar-refractivity contribution in [3.63, 3.8) is 0 Å². The molecule has 3 nitrogen and oxygen atoms in total. The number of hydrogen-bond acceptors (Lipinski definition) is 2. The summed E-state index contributed by atoms with van der Waals surface area (Å²) in [7, 11) is 0. The van der Waals surface area contributed by atoms with Crippen molar-refractivity contribution in [2.75, 3.05) is 6.61 Å². The van der Waals surface area contributed by atoms with Crippen LogP contribution >= 0.6 is 11.6 Å². The van der Waals surface area contributed by atoms with Crippen molar-refractivity contribution in [3.8, 4) is 5.75 Å². The molecule has 0 spiro atoms. The molecule has 1 aromatic heterocycles. The van der Waals surface area contributed by atoms with Gasteiger partial charge in [-0.3, -0.25) is 4.79 Å². The van der Waals surface area contributed by atoms with E-state index in [4.69, 9.17) is 16.3 Å². The number of aromatic amines is 1. The molecule has 0 aliphatic heterocycles. The van der Waals surface area contributed by atoms with Crippen LogP contribution < -0.4 is 10.3 Å². The average molecular weight is 250 g/mol. The van der Waals surface area contributed by atoms with Crippen molar-refractivity contribution in [3.05, 3.63) is 39.6 Å². The Hall–Kier alpha value is -1.48. The van der Waals surface area contributed by atoms with E-state index < -0.39 is 0 Å². The summed E-state index contributed by atoms with van der Waals surface area (Å²) < 4.78 is 5.65. The van der Waals surface area contributed by atoms with Crippen LogP contribution in [0.1, 0.15) is 12.8 Å². The van der Waals surface area contributed by atoms with Gasteiger partial charge in [-0.15, -0.1) is 0 Å². The summed E-state index contributed by atoms with van der Waals surface area (Å²) in [5.41, 5.74) is 0.640. The number of rotatable bonds is 3. The molecule has 88 valence electrons. The Morgan fingerprint density at radius 3 is 2.94 bits per heavy atom. The summed E-state index contributed by atoms with van der Waals surface area (Å²) in [6.45, 7) is 0.711. The van der Waals surface area contributed by atoms with Crippen molar-refractivity contribution >= 4 is 22.5 Å². The van der Waals surface area contributed by atoms with E-state index in [0.717, 1.165) is 10.9 Å². The maximum Gasteiger partial charge on any atom is 0.248 e. The maximum atomic E-state index is 11.2. The molecule has 1 N–H and O–H groups in total. The Morgan fingerprint density at radius 2 is 2.18 bits per heavy atom. The fourth-order valence-electron chi connectivity index (χ4n) is 1.76. The van der Waals surface area contributed by atoms with Crippen LogP contribution in [0.15, 0.2) is 29.1 Å². The van der Waals surface area contributed by atoms with Crippen LogP contribution in [0, 0.1) is 5.92 Å². The Bertz CT molecular complexity index is 616. The first-order valence-electron chi connectivity index (χ1n) is 5.68. The molecule has 3 rings (SSSR count). The summed E-state index contributed by atoms with van der Waals surface area (Å²) in [6, 6.07) is 6.85. The normalized spacial score (nSPS) is 15.1. The highest BCUT2D eigenvalue weighted by molar-refractivity contribution is 6.32. The maximum absolute atomic E-state index is 11.2. The number of hydrogen-bond donors (Lipinski definition) is 1. The predicted octanol–water partition coefficient (Wildman–Crippen LogP) is 2.97. The number of fused-ring (bicyclic) bond motifs is 1. The van der Waals surface area contributed by atoms with Crippen molar-refractivity contribution < 1.29 is 4.74 Å². The van der Waals surface area contributed by atoms with Crippen molar-refractivity contribution in [2.24, 2.45) is 5.92 Å². The van der Waals surface area contributed by atoms with E-state index in [9.17, 15) is 4.79 Å². The van der Waals surface area contributed by atoms with E-state index >= 15 is 0 Å². The van der Waals surface area contributed by atoms with Crippen molar-refractivity contribution in [1.82, 2.24) is 4.98 Å².